The molecule has 0 spiro atoms. The molecule has 1 aromatic rings. The summed E-state index contributed by atoms with van der Waals surface area (Å²) in [6.45, 7) is 2.07. The Morgan fingerprint density at radius 3 is 2.25 bits per heavy atom. The first kappa shape index (κ1) is 9.75. The molecule has 0 radical (unpaired) electrons. The molecule has 0 fully saturated rings. The molecule has 0 N–H and O–H groups in total. The Kier molecular flexibility index (Phi) is 3.76. The van der Waals surface area contributed by atoms with E-state index in [4.69, 9.17) is 0 Å². The normalized spacial score (nSPS) is 12.6. The van der Waals surface area contributed by atoms with Gasteiger partial charge in [0.1, 0.15) is 0 Å². The van der Waals surface area contributed by atoms with Crippen LogP contribution in [0.4, 0.5) is 0 Å². The van der Waals surface area contributed by atoms with Crippen molar-refractivity contribution in [2.75, 3.05) is 0 Å². The van der Waals surface area contributed by atoms with Gasteiger partial charge in [0, 0.05) is 4.91 Å². The maximum Gasteiger partial charge on any atom is 0.0205 e. The Morgan fingerprint density at radius 2 is 1.75 bits per heavy atom. The molecule has 0 saturated carbocycles. The molecule has 0 nitrogen and oxygen atoms in total. The maximum absolute atomic E-state index is 4.40. The van der Waals surface area contributed by atoms with E-state index in [1.807, 2.05) is 30.3 Å². The summed E-state index contributed by atoms with van der Waals surface area (Å²) < 4.78 is 0. The zero-order valence-corrected chi connectivity index (χ0v) is 8.78. The Balaban J connectivity index is 3.00. The molecule has 1 rings (SSSR count). The van der Waals surface area contributed by atoms with Crippen molar-refractivity contribution in [2.45, 2.75) is 13.3 Å². The van der Waals surface area contributed by atoms with E-state index in [2.05, 4.69) is 32.2 Å². The lowest BCUT2D eigenvalue weighted by Gasteiger charge is -2.03. The lowest BCUT2D eigenvalue weighted by atomic mass is 10.2. The molecule has 2 heteroatoms. The van der Waals surface area contributed by atoms with Crippen molar-refractivity contribution in [2.24, 2.45) is 0 Å². The van der Waals surface area contributed by atoms with Gasteiger partial charge in [0.25, 0.3) is 0 Å². The highest BCUT2D eigenvalue weighted by Gasteiger charge is 1.98. The third-order valence-corrected chi connectivity index (χ3v) is 2.90. The summed E-state index contributed by atoms with van der Waals surface area (Å²) in [7, 11) is 0. The van der Waals surface area contributed by atoms with Crippen LogP contribution in [-0.4, -0.2) is 0 Å². The minimum atomic E-state index is 0.927. The maximum atomic E-state index is 4.40. The average Bonchev–Trinajstić information content (AvgIpc) is 2.17. The molecule has 0 heterocycles. The lowest BCUT2D eigenvalue weighted by Crippen LogP contribution is -1.78. The monoisotopic (exact) mass is 196 g/mol. The van der Waals surface area contributed by atoms with Crippen molar-refractivity contribution in [3.8, 4) is 0 Å². The quantitative estimate of drug-likeness (QED) is 0.663. The fourth-order valence-electron chi connectivity index (χ4n) is 0.930. The van der Waals surface area contributed by atoms with Crippen molar-refractivity contribution >= 4 is 30.2 Å². The second-order valence-corrected chi connectivity index (χ2v) is 3.50. The predicted octanol–water partition coefficient (Wildman–Crippen LogP) is 3.62. The molecule has 64 valence electrons. The van der Waals surface area contributed by atoms with Gasteiger partial charge in [-0.05, 0) is 16.9 Å². The smallest absolute Gasteiger partial charge is 0.0205 e. The van der Waals surface area contributed by atoms with Crippen molar-refractivity contribution < 1.29 is 0 Å². The summed E-state index contributed by atoms with van der Waals surface area (Å²) in [6.07, 6.45) is 0.927. The highest BCUT2D eigenvalue weighted by molar-refractivity contribution is 7.93. The molecule has 0 aliphatic rings. The van der Waals surface area contributed by atoms with E-state index in [1.165, 1.54) is 0 Å². The number of hydrogen-bond donors (Lipinski definition) is 2. The van der Waals surface area contributed by atoms with Gasteiger partial charge in [-0.1, -0.05) is 37.3 Å². The number of allylic oxidation sites excluding steroid dienone is 1. The first-order valence-corrected chi connectivity index (χ1v) is 4.81. The van der Waals surface area contributed by atoms with Crippen LogP contribution >= 0.6 is 25.3 Å². The van der Waals surface area contributed by atoms with Gasteiger partial charge in [-0.2, -0.15) is 0 Å². The van der Waals surface area contributed by atoms with Gasteiger partial charge < -0.3 is 0 Å². The van der Waals surface area contributed by atoms with Gasteiger partial charge >= 0.3 is 0 Å². The van der Waals surface area contributed by atoms with Gasteiger partial charge in [-0.15, -0.1) is 25.3 Å². The third kappa shape index (κ3) is 2.32. The fraction of sp³-hybridized carbons (Fsp3) is 0.200. The summed E-state index contributed by atoms with van der Waals surface area (Å²) in [6, 6.07) is 10.1. The van der Waals surface area contributed by atoms with E-state index >= 15 is 0 Å². The zero-order valence-electron chi connectivity index (χ0n) is 6.99. The highest BCUT2D eigenvalue weighted by Crippen LogP contribution is 2.25. The first-order valence-electron chi connectivity index (χ1n) is 3.92. The Hall–Kier alpha value is -0.340. The van der Waals surface area contributed by atoms with Crippen molar-refractivity contribution in [3.05, 3.63) is 40.8 Å². The van der Waals surface area contributed by atoms with E-state index < -0.39 is 0 Å². The molecule has 0 aliphatic heterocycles. The molecule has 0 amide bonds. The molecule has 0 aromatic heterocycles. The standard InChI is InChI=1S/C10H12S2/c1-2-9(11)10(12)8-6-4-3-5-7-8/h3-7,11-12H,2H2,1H3/b10-9-. The SMILES string of the molecule is CC/C(S)=C(/S)c1ccccc1. The van der Waals surface area contributed by atoms with E-state index in [1.54, 1.807) is 0 Å². The fourth-order valence-corrected chi connectivity index (χ4v) is 1.37. The van der Waals surface area contributed by atoms with Crippen LogP contribution in [0.3, 0.4) is 0 Å². The second kappa shape index (κ2) is 4.63. The van der Waals surface area contributed by atoms with Crippen LogP contribution < -0.4 is 0 Å². The van der Waals surface area contributed by atoms with Crippen LogP contribution in [0.25, 0.3) is 4.91 Å². The topological polar surface area (TPSA) is 0 Å². The second-order valence-electron chi connectivity index (χ2n) is 2.51. The minimum absolute atomic E-state index is 0.927. The highest BCUT2D eigenvalue weighted by atomic mass is 32.1. The van der Waals surface area contributed by atoms with Gasteiger partial charge in [0.05, 0.1) is 0 Å². The van der Waals surface area contributed by atoms with Gasteiger partial charge in [-0.25, -0.2) is 0 Å². The van der Waals surface area contributed by atoms with Crippen molar-refractivity contribution in [3.63, 3.8) is 0 Å². The van der Waals surface area contributed by atoms with Gasteiger partial charge in [0.15, 0.2) is 0 Å². The molecular weight excluding hydrogens is 184 g/mol. The van der Waals surface area contributed by atoms with Gasteiger partial charge in [0.2, 0.25) is 0 Å². The van der Waals surface area contributed by atoms with E-state index in [0.29, 0.717) is 0 Å². The van der Waals surface area contributed by atoms with E-state index in [9.17, 15) is 0 Å². The number of benzene rings is 1. The van der Waals surface area contributed by atoms with Crippen LogP contribution in [0.15, 0.2) is 35.2 Å². The number of thiol groups is 2. The number of hydrogen-bond acceptors (Lipinski definition) is 2. The van der Waals surface area contributed by atoms with Crippen LogP contribution in [0.5, 0.6) is 0 Å². The average molecular weight is 196 g/mol. The summed E-state index contributed by atoms with van der Waals surface area (Å²) in [4.78, 5) is 2.01. The van der Waals surface area contributed by atoms with E-state index in [-0.39, 0.29) is 0 Å². The molecule has 0 unspecified atom stereocenters. The molecule has 0 aliphatic carbocycles. The molecule has 0 saturated heterocycles. The van der Waals surface area contributed by atoms with Crippen LogP contribution in [0, 0.1) is 0 Å². The van der Waals surface area contributed by atoms with Crippen molar-refractivity contribution in [1.82, 2.24) is 0 Å². The van der Waals surface area contributed by atoms with E-state index in [0.717, 1.165) is 21.8 Å². The van der Waals surface area contributed by atoms with Gasteiger partial charge in [-0.3, -0.25) is 0 Å². The number of rotatable bonds is 2. The summed E-state index contributed by atoms with van der Waals surface area (Å²) >= 11 is 8.74. The minimum Gasteiger partial charge on any atom is -0.147 e. The lowest BCUT2D eigenvalue weighted by molar-refractivity contribution is 1.21. The summed E-state index contributed by atoms with van der Waals surface area (Å²) in [5.74, 6) is 0. The molecule has 0 atom stereocenters. The van der Waals surface area contributed by atoms with Crippen LogP contribution in [0.2, 0.25) is 0 Å². The van der Waals surface area contributed by atoms with Crippen LogP contribution in [-0.2, 0) is 0 Å². The Labute approximate surface area is 84.5 Å². The molecule has 1 aromatic carbocycles. The molecule has 0 bridgehead atoms. The molecule has 12 heavy (non-hydrogen) atoms. The summed E-state index contributed by atoms with van der Waals surface area (Å²) in [5, 5.41) is 0. The largest absolute Gasteiger partial charge is 0.147 e. The first-order chi connectivity index (χ1) is 5.75. The Bertz CT molecular complexity index is 275. The third-order valence-electron chi connectivity index (χ3n) is 1.66. The molecular formula is C10H12S2. The predicted molar refractivity (Wildman–Crippen MR) is 61.6 cm³/mol. The Morgan fingerprint density at radius 1 is 1.17 bits per heavy atom. The zero-order chi connectivity index (χ0) is 8.97. The van der Waals surface area contributed by atoms with Crippen molar-refractivity contribution in [1.29, 1.82) is 0 Å². The van der Waals surface area contributed by atoms with Crippen LogP contribution in [0.1, 0.15) is 18.9 Å². The summed E-state index contributed by atoms with van der Waals surface area (Å²) in [5.41, 5.74) is 1.13.